The first-order valence-corrected chi connectivity index (χ1v) is 9.21. The third kappa shape index (κ3) is 4.60. The molecule has 1 fully saturated rings. The van der Waals surface area contributed by atoms with Crippen LogP contribution in [0.5, 0.6) is 0 Å². The maximum absolute atomic E-state index is 13.5. The Hall–Kier alpha value is -2.41. The van der Waals surface area contributed by atoms with Gasteiger partial charge in [0.25, 0.3) is 0 Å². The van der Waals surface area contributed by atoms with Crippen molar-refractivity contribution in [1.82, 2.24) is 4.90 Å². The number of carbonyl (C=O) groups is 2. The molecular formula is C19H17F2NO3S. The minimum absolute atomic E-state index is 0.107. The van der Waals surface area contributed by atoms with E-state index in [4.69, 9.17) is 4.74 Å². The topological polar surface area (TPSA) is 46.6 Å². The van der Waals surface area contributed by atoms with Gasteiger partial charge in [-0.15, -0.1) is 11.8 Å². The van der Waals surface area contributed by atoms with Gasteiger partial charge in [-0.2, -0.15) is 0 Å². The molecule has 0 bridgehead atoms. The van der Waals surface area contributed by atoms with E-state index in [1.807, 2.05) is 30.3 Å². The van der Waals surface area contributed by atoms with Crippen molar-refractivity contribution >= 4 is 23.6 Å². The Bertz CT molecular complexity index is 780. The predicted octanol–water partition coefficient (Wildman–Crippen LogP) is 3.32. The highest BCUT2D eigenvalue weighted by molar-refractivity contribution is 8.00. The van der Waals surface area contributed by atoms with Crippen molar-refractivity contribution in [3.05, 3.63) is 71.3 Å². The Morgan fingerprint density at radius 1 is 1.15 bits per heavy atom. The van der Waals surface area contributed by atoms with E-state index in [2.05, 4.69) is 0 Å². The van der Waals surface area contributed by atoms with Gasteiger partial charge in [-0.25, -0.2) is 8.78 Å². The molecule has 1 aliphatic rings. The molecule has 1 amide bonds. The molecule has 2 aromatic rings. The first-order chi connectivity index (χ1) is 12.5. The molecule has 1 saturated heterocycles. The van der Waals surface area contributed by atoms with Crippen LogP contribution in [-0.4, -0.2) is 34.8 Å². The van der Waals surface area contributed by atoms with Crippen molar-refractivity contribution in [3.63, 3.8) is 0 Å². The lowest BCUT2D eigenvalue weighted by Gasteiger charge is -2.34. The molecule has 3 rings (SSSR count). The van der Waals surface area contributed by atoms with E-state index < -0.39 is 23.6 Å². The van der Waals surface area contributed by atoms with E-state index in [9.17, 15) is 18.4 Å². The lowest BCUT2D eigenvalue weighted by Crippen LogP contribution is -2.44. The number of amides is 1. The van der Waals surface area contributed by atoms with E-state index >= 15 is 0 Å². The minimum Gasteiger partial charge on any atom is -0.459 e. The molecule has 7 heteroatoms. The molecule has 0 N–H and O–H groups in total. The smallest absolute Gasteiger partial charge is 0.325 e. The zero-order valence-corrected chi connectivity index (χ0v) is 14.7. The van der Waals surface area contributed by atoms with Crippen LogP contribution in [0.2, 0.25) is 0 Å². The first-order valence-electron chi connectivity index (χ1n) is 8.05. The molecule has 0 aliphatic carbocycles. The Morgan fingerprint density at radius 2 is 1.85 bits per heavy atom. The van der Waals surface area contributed by atoms with Crippen molar-refractivity contribution in [3.8, 4) is 0 Å². The first kappa shape index (κ1) is 18.4. The summed E-state index contributed by atoms with van der Waals surface area (Å²) in [5.41, 5.74) is 1.17. The van der Waals surface area contributed by atoms with E-state index in [0.29, 0.717) is 11.3 Å². The molecule has 136 valence electrons. The lowest BCUT2D eigenvalue weighted by molar-refractivity contribution is -0.151. The highest BCUT2D eigenvalue weighted by Crippen LogP contribution is 2.31. The molecule has 1 heterocycles. The van der Waals surface area contributed by atoms with E-state index in [1.165, 1.54) is 28.8 Å². The third-order valence-corrected chi connectivity index (χ3v) is 5.01. The number of hydrogen-bond acceptors (Lipinski definition) is 4. The second-order valence-electron chi connectivity index (χ2n) is 5.90. The van der Waals surface area contributed by atoms with E-state index in [-0.39, 0.29) is 24.8 Å². The highest BCUT2D eigenvalue weighted by Gasteiger charge is 2.32. The molecular weight excluding hydrogens is 360 g/mol. The van der Waals surface area contributed by atoms with Crippen LogP contribution in [0.4, 0.5) is 8.78 Å². The fraction of sp³-hybridized carbons (Fsp3) is 0.263. The number of rotatable bonds is 5. The van der Waals surface area contributed by atoms with Crippen molar-refractivity contribution in [2.24, 2.45) is 0 Å². The SMILES string of the molecule is O=C(CN1C(=O)CSC[C@H]1c1cc(F)cc(F)c1)OCc1ccccc1. The Kier molecular flexibility index (Phi) is 5.88. The van der Waals surface area contributed by atoms with Crippen molar-refractivity contribution in [2.75, 3.05) is 18.1 Å². The molecule has 1 atom stereocenters. The van der Waals surface area contributed by atoms with Gasteiger partial charge in [-0.3, -0.25) is 9.59 Å². The van der Waals surface area contributed by atoms with Crippen LogP contribution < -0.4 is 0 Å². The predicted molar refractivity (Wildman–Crippen MR) is 94.4 cm³/mol. The summed E-state index contributed by atoms with van der Waals surface area (Å²) in [6.45, 7) is -0.148. The average Bonchev–Trinajstić information content (AvgIpc) is 2.62. The van der Waals surface area contributed by atoms with Gasteiger partial charge in [-0.05, 0) is 23.3 Å². The molecule has 0 spiro atoms. The Morgan fingerprint density at radius 3 is 2.54 bits per heavy atom. The van der Waals surface area contributed by atoms with Crippen molar-refractivity contribution in [1.29, 1.82) is 0 Å². The number of hydrogen-bond donors (Lipinski definition) is 0. The largest absolute Gasteiger partial charge is 0.459 e. The quantitative estimate of drug-likeness (QED) is 0.750. The van der Waals surface area contributed by atoms with Crippen LogP contribution in [-0.2, 0) is 20.9 Å². The number of halogens is 2. The molecule has 0 aromatic heterocycles. The van der Waals surface area contributed by atoms with E-state index in [0.717, 1.165) is 11.6 Å². The maximum atomic E-state index is 13.5. The van der Waals surface area contributed by atoms with E-state index in [1.54, 1.807) is 0 Å². The second-order valence-corrected chi connectivity index (χ2v) is 6.93. The van der Waals surface area contributed by atoms with Crippen LogP contribution in [0, 0.1) is 11.6 Å². The van der Waals surface area contributed by atoms with Gasteiger partial charge in [0.05, 0.1) is 11.8 Å². The number of thioether (sulfide) groups is 1. The normalized spacial score (nSPS) is 17.2. The number of benzene rings is 2. The zero-order valence-electron chi connectivity index (χ0n) is 13.9. The molecule has 1 aliphatic heterocycles. The summed E-state index contributed by atoms with van der Waals surface area (Å²) in [6, 6.07) is 11.8. The Labute approximate surface area is 154 Å². The van der Waals surface area contributed by atoms with Gasteiger partial charge in [0.2, 0.25) is 5.91 Å². The van der Waals surface area contributed by atoms with Gasteiger partial charge < -0.3 is 9.64 Å². The summed E-state index contributed by atoms with van der Waals surface area (Å²) in [4.78, 5) is 25.8. The van der Waals surface area contributed by atoms with Crippen molar-refractivity contribution < 1.29 is 23.1 Å². The lowest BCUT2D eigenvalue weighted by atomic mass is 10.1. The number of ether oxygens (including phenoxy) is 1. The van der Waals surface area contributed by atoms with Gasteiger partial charge in [0.15, 0.2) is 0 Å². The van der Waals surface area contributed by atoms with Gasteiger partial charge in [-0.1, -0.05) is 30.3 Å². The number of esters is 1. The number of carbonyl (C=O) groups excluding carboxylic acids is 2. The average molecular weight is 377 g/mol. The highest BCUT2D eigenvalue weighted by atomic mass is 32.2. The fourth-order valence-corrected chi connectivity index (χ4v) is 3.82. The molecule has 26 heavy (non-hydrogen) atoms. The number of nitrogens with zero attached hydrogens (tertiary/aromatic N) is 1. The van der Waals surface area contributed by atoms with Gasteiger partial charge in [0, 0.05) is 11.8 Å². The minimum atomic E-state index is -0.713. The van der Waals surface area contributed by atoms with Crippen LogP contribution in [0.15, 0.2) is 48.5 Å². The molecule has 0 radical (unpaired) electrons. The molecule has 0 unspecified atom stereocenters. The van der Waals surface area contributed by atoms with Gasteiger partial charge in [0.1, 0.15) is 24.8 Å². The molecule has 4 nitrogen and oxygen atoms in total. The maximum Gasteiger partial charge on any atom is 0.325 e. The molecule has 2 aromatic carbocycles. The molecule has 0 saturated carbocycles. The summed E-state index contributed by atoms with van der Waals surface area (Å²) < 4.78 is 32.3. The monoisotopic (exact) mass is 377 g/mol. The summed E-state index contributed by atoms with van der Waals surface area (Å²) in [5, 5.41) is 0. The van der Waals surface area contributed by atoms with Crippen molar-refractivity contribution in [2.45, 2.75) is 12.6 Å². The summed E-state index contributed by atoms with van der Waals surface area (Å²) in [5.74, 6) is -1.56. The van der Waals surface area contributed by atoms with Gasteiger partial charge >= 0.3 is 5.97 Å². The standard InChI is InChI=1S/C19H17F2NO3S/c20-15-6-14(7-16(21)8-15)17-11-26-12-18(23)22(17)9-19(24)25-10-13-4-2-1-3-5-13/h1-8,17H,9-12H2/t17-/m0/s1. The summed E-state index contributed by atoms with van der Waals surface area (Å²) >= 11 is 1.37. The van der Waals surface area contributed by atoms with Crippen LogP contribution in [0.3, 0.4) is 0 Å². The van der Waals surface area contributed by atoms with Crippen LogP contribution >= 0.6 is 11.8 Å². The second kappa shape index (κ2) is 8.31. The fourth-order valence-electron chi connectivity index (χ4n) is 2.77. The third-order valence-electron chi connectivity index (χ3n) is 4.01. The van der Waals surface area contributed by atoms with Crippen LogP contribution in [0.1, 0.15) is 17.2 Å². The van der Waals surface area contributed by atoms with Crippen LogP contribution in [0.25, 0.3) is 0 Å². The summed E-state index contributed by atoms with van der Waals surface area (Å²) in [7, 11) is 0. The zero-order chi connectivity index (χ0) is 18.5. The Balaban J connectivity index is 1.70. The summed E-state index contributed by atoms with van der Waals surface area (Å²) in [6.07, 6.45) is 0.